The normalized spacial score (nSPS) is 17.6. The van der Waals surface area contributed by atoms with Gasteiger partial charge in [0, 0.05) is 22.9 Å². The lowest BCUT2D eigenvalue weighted by atomic mass is 9.81. The molecule has 0 N–H and O–H groups in total. The van der Waals surface area contributed by atoms with Crippen LogP contribution in [0.25, 0.3) is 0 Å². The fourth-order valence-corrected chi connectivity index (χ4v) is 2.73. The molecule has 0 unspecified atom stereocenters. The van der Waals surface area contributed by atoms with Crippen LogP contribution in [-0.2, 0) is 9.59 Å². The zero-order valence-corrected chi connectivity index (χ0v) is 11.1. The van der Waals surface area contributed by atoms with E-state index in [0.29, 0.717) is 23.7 Å². The highest BCUT2D eigenvalue weighted by Crippen LogP contribution is 2.36. The van der Waals surface area contributed by atoms with Gasteiger partial charge in [0.2, 0.25) is 0 Å². The van der Waals surface area contributed by atoms with E-state index >= 15 is 0 Å². The van der Waals surface area contributed by atoms with Crippen LogP contribution >= 0.6 is 27.5 Å². The van der Waals surface area contributed by atoms with Crippen molar-refractivity contribution in [3.8, 4) is 0 Å². The highest BCUT2D eigenvalue weighted by atomic mass is 79.9. The summed E-state index contributed by atoms with van der Waals surface area (Å²) in [5.74, 6) is -2.15. The van der Waals surface area contributed by atoms with E-state index in [1.165, 1.54) is 6.07 Å². The van der Waals surface area contributed by atoms with Crippen molar-refractivity contribution in [3.05, 3.63) is 33.0 Å². The summed E-state index contributed by atoms with van der Waals surface area (Å²) in [7, 11) is 0. The number of rotatable bonds is 1. The molecule has 0 heterocycles. The third kappa shape index (κ3) is 2.29. The molecule has 0 saturated heterocycles. The van der Waals surface area contributed by atoms with Crippen molar-refractivity contribution in [2.45, 2.75) is 25.2 Å². The molecule has 2 rings (SSSR count). The topological polar surface area (TPSA) is 34.1 Å². The summed E-state index contributed by atoms with van der Waals surface area (Å²) in [6.07, 6.45) is 1.18. The van der Waals surface area contributed by atoms with Crippen LogP contribution in [0.2, 0.25) is 5.02 Å². The summed E-state index contributed by atoms with van der Waals surface area (Å²) in [4.78, 5) is 23.5. The molecule has 0 spiro atoms. The molecule has 0 bridgehead atoms. The van der Waals surface area contributed by atoms with E-state index in [4.69, 9.17) is 11.6 Å². The van der Waals surface area contributed by atoms with Crippen LogP contribution < -0.4 is 0 Å². The number of carbonyl (C=O) groups excluding carboxylic acids is 2. The van der Waals surface area contributed by atoms with Crippen molar-refractivity contribution < 1.29 is 14.0 Å². The summed E-state index contributed by atoms with van der Waals surface area (Å²) in [5.41, 5.74) is 0.0761. The Kier molecular flexibility index (Phi) is 3.64. The Hall–Kier alpha value is -0.740. The number of benzene rings is 1. The first-order valence-electron chi connectivity index (χ1n) is 5.21. The van der Waals surface area contributed by atoms with Crippen molar-refractivity contribution in [1.82, 2.24) is 0 Å². The molecular weight excluding hydrogens is 310 g/mol. The Bertz CT molecular complexity index is 486. The first kappa shape index (κ1) is 12.7. The van der Waals surface area contributed by atoms with E-state index in [0.717, 1.165) is 0 Å². The monoisotopic (exact) mass is 318 g/mol. The zero-order chi connectivity index (χ0) is 12.6. The molecule has 2 nitrogen and oxygen atoms in total. The van der Waals surface area contributed by atoms with E-state index in [9.17, 15) is 14.0 Å². The van der Waals surface area contributed by atoms with Gasteiger partial charge in [0.1, 0.15) is 23.3 Å². The molecule has 1 saturated carbocycles. The molecule has 5 heteroatoms. The maximum Gasteiger partial charge on any atom is 0.147 e. The van der Waals surface area contributed by atoms with Crippen molar-refractivity contribution >= 4 is 39.1 Å². The Morgan fingerprint density at radius 1 is 1.24 bits per heavy atom. The predicted molar refractivity (Wildman–Crippen MR) is 65.7 cm³/mol. The Morgan fingerprint density at radius 2 is 1.82 bits per heavy atom. The molecule has 0 aromatic heterocycles. The number of ketones is 2. The van der Waals surface area contributed by atoms with E-state index in [2.05, 4.69) is 15.9 Å². The molecule has 1 aromatic rings. The second kappa shape index (κ2) is 4.86. The standard InChI is InChI=1S/C12H9BrClFO2/c13-6-4-5-7(14)12(15)10(6)11-8(16)2-1-3-9(11)17/h4-5,11H,1-3H2. The lowest BCUT2D eigenvalue weighted by Gasteiger charge is -2.21. The first-order valence-corrected chi connectivity index (χ1v) is 6.38. The Morgan fingerprint density at radius 3 is 2.41 bits per heavy atom. The van der Waals surface area contributed by atoms with Crippen molar-refractivity contribution in [3.63, 3.8) is 0 Å². The second-order valence-corrected chi connectivity index (χ2v) is 5.24. The minimum absolute atomic E-state index is 0.0747. The average molecular weight is 320 g/mol. The Labute approximate surface area is 111 Å². The fourth-order valence-electron chi connectivity index (χ4n) is 2.03. The average Bonchev–Trinajstić information content (AvgIpc) is 2.28. The Balaban J connectivity index is 2.55. The van der Waals surface area contributed by atoms with Crippen LogP contribution in [0.1, 0.15) is 30.7 Å². The maximum absolute atomic E-state index is 13.9. The smallest absolute Gasteiger partial charge is 0.147 e. The highest BCUT2D eigenvalue weighted by molar-refractivity contribution is 9.10. The lowest BCUT2D eigenvalue weighted by molar-refractivity contribution is -0.131. The third-order valence-corrected chi connectivity index (χ3v) is 3.84. The van der Waals surface area contributed by atoms with Gasteiger partial charge < -0.3 is 0 Å². The largest absolute Gasteiger partial charge is 0.299 e. The molecule has 1 aromatic carbocycles. The number of hydrogen-bond acceptors (Lipinski definition) is 2. The summed E-state index contributed by atoms with van der Waals surface area (Å²) >= 11 is 8.85. The molecule has 0 amide bonds. The number of carbonyl (C=O) groups is 2. The first-order chi connectivity index (χ1) is 8.02. The van der Waals surface area contributed by atoms with Gasteiger partial charge in [-0.05, 0) is 18.6 Å². The number of halogens is 3. The second-order valence-electron chi connectivity index (χ2n) is 3.98. The van der Waals surface area contributed by atoms with E-state index in [-0.39, 0.29) is 22.2 Å². The minimum atomic E-state index is -1.00. The quantitative estimate of drug-likeness (QED) is 0.585. The molecule has 17 heavy (non-hydrogen) atoms. The van der Waals surface area contributed by atoms with Gasteiger partial charge in [-0.25, -0.2) is 4.39 Å². The molecule has 90 valence electrons. The van der Waals surface area contributed by atoms with Gasteiger partial charge in [0.25, 0.3) is 0 Å². The van der Waals surface area contributed by atoms with E-state index < -0.39 is 11.7 Å². The van der Waals surface area contributed by atoms with Gasteiger partial charge in [-0.3, -0.25) is 9.59 Å². The SMILES string of the molecule is O=C1CCCC(=O)C1c1c(Br)ccc(Cl)c1F. The van der Waals surface area contributed by atoms with Crippen LogP contribution in [0.5, 0.6) is 0 Å². The molecule has 0 radical (unpaired) electrons. The van der Waals surface area contributed by atoms with Gasteiger partial charge in [0.15, 0.2) is 0 Å². The van der Waals surface area contributed by atoms with Gasteiger partial charge in [-0.2, -0.15) is 0 Å². The molecule has 0 aliphatic heterocycles. The summed E-state index contributed by atoms with van der Waals surface area (Å²) < 4.78 is 14.3. The van der Waals surface area contributed by atoms with Crippen LogP contribution in [0, 0.1) is 5.82 Å². The molecular formula is C12H9BrClFO2. The third-order valence-electron chi connectivity index (χ3n) is 2.86. The summed E-state index contributed by atoms with van der Waals surface area (Å²) in [5, 5.41) is -0.0747. The van der Waals surface area contributed by atoms with Crippen LogP contribution in [0.4, 0.5) is 4.39 Å². The summed E-state index contributed by atoms with van der Waals surface area (Å²) in [6.45, 7) is 0. The lowest BCUT2D eigenvalue weighted by Crippen LogP contribution is -2.27. The number of Topliss-reactive ketones (excluding diaryl/α,β-unsaturated/α-hetero) is 2. The van der Waals surface area contributed by atoms with Crippen LogP contribution in [-0.4, -0.2) is 11.6 Å². The minimum Gasteiger partial charge on any atom is -0.299 e. The predicted octanol–water partition coefficient (Wildman–Crippen LogP) is 3.65. The fraction of sp³-hybridized carbons (Fsp3) is 0.333. The van der Waals surface area contributed by atoms with Crippen LogP contribution in [0.3, 0.4) is 0 Å². The van der Waals surface area contributed by atoms with Crippen molar-refractivity contribution in [2.75, 3.05) is 0 Å². The van der Waals surface area contributed by atoms with Gasteiger partial charge >= 0.3 is 0 Å². The highest BCUT2D eigenvalue weighted by Gasteiger charge is 2.35. The zero-order valence-electron chi connectivity index (χ0n) is 8.80. The molecule has 0 atom stereocenters. The molecule has 1 aliphatic rings. The van der Waals surface area contributed by atoms with Crippen LogP contribution in [0.15, 0.2) is 16.6 Å². The van der Waals surface area contributed by atoms with Gasteiger partial charge in [0.05, 0.1) is 5.02 Å². The molecule has 1 aliphatic carbocycles. The van der Waals surface area contributed by atoms with Crippen molar-refractivity contribution in [2.24, 2.45) is 0 Å². The summed E-state index contributed by atoms with van der Waals surface area (Å²) in [6, 6.07) is 2.94. The van der Waals surface area contributed by atoms with Crippen molar-refractivity contribution in [1.29, 1.82) is 0 Å². The maximum atomic E-state index is 13.9. The molecule has 1 fully saturated rings. The van der Waals surface area contributed by atoms with E-state index in [1.807, 2.05) is 0 Å². The van der Waals surface area contributed by atoms with Gasteiger partial charge in [-0.1, -0.05) is 27.5 Å². The van der Waals surface area contributed by atoms with Gasteiger partial charge in [-0.15, -0.1) is 0 Å². The van der Waals surface area contributed by atoms with E-state index in [1.54, 1.807) is 6.07 Å². The number of hydrogen-bond donors (Lipinski definition) is 0.